The largest absolute Gasteiger partial charge is 0.469 e. The maximum atomic E-state index is 6.06. The standard InChI is InChI=1S/C17H22ClN3O/c18-15-6-4-14(5-7-15)16(22-17-8-10-19-20-17)9-13-21-11-2-1-3-12-21/h4-8,16H,1-3,9-13H2. The number of halogens is 1. The molecule has 1 aromatic carbocycles. The third-order valence-corrected chi connectivity index (χ3v) is 4.43. The summed E-state index contributed by atoms with van der Waals surface area (Å²) in [6.07, 6.45) is 6.86. The number of piperidine rings is 1. The van der Waals surface area contributed by atoms with Crippen LogP contribution in [0.2, 0.25) is 5.02 Å². The quantitative estimate of drug-likeness (QED) is 0.769. The van der Waals surface area contributed by atoms with Crippen molar-refractivity contribution in [3.8, 4) is 0 Å². The van der Waals surface area contributed by atoms with E-state index in [1.165, 1.54) is 32.4 Å². The van der Waals surface area contributed by atoms with Gasteiger partial charge >= 0.3 is 0 Å². The highest BCUT2D eigenvalue weighted by atomic mass is 35.5. The molecule has 2 aliphatic rings. The monoisotopic (exact) mass is 319 g/mol. The lowest BCUT2D eigenvalue weighted by Crippen LogP contribution is -2.31. The molecule has 0 radical (unpaired) electrons. The minimum Gasteiger partial charge on any atom is -0.469 e. The minimum absolute atomic E-state index is 0.00231. The lowest BCUT2D eigenvalue weighted by atomic mass is 10.0. The van der Waals surface area contributed by atoms with E-state index in [4.69, 9.17) is 16.3 Å². The zero-order valence-electron chi connectivity index (χ0n) is 12.7. The minimum atomic E-state index is 0.00231. The number of hydrogen-bond acceptors (Lipinski definition) is 4. The number of benzene rings is 1. The molecule has 1 atom stereocenters. The van der Waals surface area contributed by atoms with Crippen molar-refractivity contribution < 1.29 is 4.74 Å². The molecule has 2 heterocycles. The van der Waals surface area contributed by atoms with E-state index in [1.807, 2.05) is 30.3 Å². The fourth-order valence-corrected chi connectivity index (χ4v) is 3.07. The summed E-state index contributed by atoms with van der Waals surface area (Å²) in [5.74, 6) is 0.638. The van der Waals surface area contributed by atoms with Gasteiger partial charge in [-0.05, 0) is 43.6 Å². The highest BCUT2D eigenvalue weighted by molar-refractivity contribution is 6.30. The van der Waals surface area contributed by atoms with Gasteiger partial charge in [-0.2, -0.15) is 5.11 Å². The molecule has 22 heavy (non-hydrogen) atoms. The molecule has 1 saturated heterocycles. The summed E-state index contributed by atoms with van der Waals surface area (Å²) in [5, 5.41) is 8.74. The Morgan fingerprint density at radius 2 is 1.91 bits per heavy atom. The molecule has 4 nitrogen and oxygen atoms in total. The summed E-state index contributed by atoms with van der Waals surface area (Å²) < 4.78 is 6.06. The van der Waals surface area contributed by atoms with Crippen LogP contribution < -0.4 is 0 Å². The molecule has 1 unspecified atom stereocenters. The van der Waals surface area contributed by atoms with Crippen molar-refractivity contribution in [3.05, 3.63) is 46.8 Å². The molecular weight excluding hydrogens is 298 g/mol. The second kappa shape index (κ2) is 7.75. The molecular formula is C17H22ClN3O. The second-order valence-corrected chi connectivity index (χ2v) is 6.25. The van der Waals surface area contributed by atoms with Crippen LogP contribution in [-0.4, -0.2) is 31.1 Å². The van der Waals surface area contributed by atoms with Crippen molar-refractivity contribution in [2.45, 2.75) is 31.8 Å². The van der Waals surface area contributed by atoms with Gasteiger partial charge in [-0.25, -0.2) is 0 Å². The van der Waals surface area contributed by atoms with Crippen molar-refractivity contribution in [1.29, 1.82) is 0 Å². The molecule has 0 N–H and O–H groups in total. The smallest absolute Gasteiger partial charge is 0.231 e. The zero-order chi connectivity index (χ0) is 15.2. The maximum Gasteiger partial charge on any atom is 0.231 e. The molecule has 2 aliphatic heterocycles. The van der Waals surface area contributed by atoms with Crippen LogP contribution in [0.1, 0.15) is 37.4 Å². The van der Waals surface area contributed by atoms with E-state index < -0.39 is 0 Å². The molecule has 0 bridgehead atoms. The van der Waals surface area contributed by atoms with Crippen LogP contribution in [0.5, 0.6) is 0 Å². The number of rotatable bonds is 6. The predicted molar refractivity (Wildman–Crippen MR) is 88.0 cm³/mol. The molecule has 0 amide bonds. The average molecular weight is 320 g/mol. The van der Waals surface area contributed by atoms with Gasteiger partial charge in [-0.1, -0.05) is 30.2 Å². The molecule has 3 rings (SSSR count). The Hall–Kier alpha value is -1.39. The average Bonchev–Trinajstić information content (AvgIpc) is 3.06. The Morgan fingerprint density at radius 1 is 1.14 bits per heavy atom. The van der Waals surface area contributed by atoms with Crippen LogP contribution in [0.3, 0.4) is 0 Å². The van der Waals surface area contributed by atoms with Gasteiger partial charge in [0, 0.05) is 24.1 Å². The van der Waals surface area contributed by atoms with Crippen LogP contribution in [0.15, 0.2) is 46.5 Å². The highest BCUT2D eigenvalue weighted by Gasteiger charge is 2.18. The van der Waals surface area contributed by atoms with Crippen molar-refractivity contribution in [2.75, 3.05) is 26.2 Å². The zero-order valence-corrected chi connectivity index (χ0v) is 13.5. The van der Waals surface area contributed by atoms with Gasteiger partial charge in [0.15, 0.2) is 0 Å². The summed E-state index contributed by atoms with van der Waals surface area (Å²) in [5.41, 5.74) is 1.14. The maximum absolute atomic E-state index is 6.06. The first-order valence-corrected chi connectivity index (χ1v) is 8.41. The van der Waals surface area contributed by atoms with E-state index >= 15 is 0 Å². The Labute approximate surface area is 136 Å². The van der Waals surface area contributed by atoms with Gasteiger partial charge in [0.05, 0.1) is 6.54 Å². The molecule has 5 heteroatoms. The number of azo groups is 1. The first-order chi connectivity index (χ1) is 10.8. The van der Waals surface area contributed by atoms with Gasteiger partial charge in [-0.15, -0.1) is 5.11 Å². The molecule has 0 saturated carbocycles. The van der Waals surface area contributed by atoms with Crippen molar-refractivity contribution in [3.63, 3.8) is 0 Å². The Kier molecular flexibility index (Phi) is 5.46. The van der Waals surface area contributed by atoms with Crippen LogP contribution >= 0.6 is 11.6 Å². The van der Waals surface area contributed by atoms with E-state index in [0.717, 1.165) is 23.6 Å². The fourth-order valence-electron chi connectivity index (χ4n) is 2.94. The van der Waals surface area contributed by atoms with Gasteiger partial charge in [0.2, 0.25) is 5.88 Å². The first-order valence-electron chi connectivity index (χ1n) is 8.03. The van der Waals surface area contributed by atoms with Gasteiger partial charge in [-0.3, -0.25) is 0 Å². The lowest BCUT2D eigenvalue weighted by Gasteiger charge is -2.28. The Bertz CT molecular complexity index is 535. The van der Waals surface area contributed by atoms with Gasteiger partial charge in [0.25, 0.3) is 0 Å². The normalized spacial score (nSPS) is 20.0. The second-order valence-electron chi connectivity index (χ2n) is 5.82. The SMILES string of the molecule is Clc1ccc(C(CCN2CCCCC2)OC2=CCN=N2)cc1. The number of ether oxygens (including phenoxy) is 1. The summed E-state index contributed by atoms with van der Waals surface area (Å²) in [7, 11) is 0. The van der Waals surface area contributed by atoms with Crippen molar-refractivity contribution >= 4 is 11.6 Å². The third kappa shape index (κ3) is 4.31. The lowest BCUT2D eigenvalue weighted by molar-refractivity contribution is 0.0896. The van der Waals surface area contributed by atoms with Gasteiger partial charge in [0.1, 0.15) is 6.10 Å². The number of hydrogen-bond donors (Lipinski definition) is 0. The topological polar surface area (TPSA) is 37.2 Å². The Morgan fingerprint density at radius 3 is 2.59 bits per heavy atom. The van der Waals surface area contributed by atoms with Crippen LogP contribution in [0.25, 0.3) is 0 Å². The molecule has 1 aromatic rings. The number of likely N-dealkylation sites (tertiary alicyclic amines) is 1. The third-order valence-electron chi connectivity index (χ3n) is 4.18. The van der Waals surface area contributed by atoms with E-state index in [2.05, 4.69) is 15.1 Å². The highest BCUT2D eigenvalue weighted by Crippen LogP contribution is 2.27. The fraction of sp³-hybridized carbons (Fsp3) is 0.529. The summed E-state index contributed by atoms with van der Waals surface area (Å²) in [4.78, 5) is 2.53. The van der Waals surface area contributed by atoms with E-state index in [1.54, 1.807) is 0 Å². The molecule has 0 aromatic heterocycles. The molecule has 1 fully saturated rings. The van der Waals surface area contributed by atoms with Crippen LogP contribution in [0.4, 0.5) is 0 Å². The van der Waals surface area contributed by atoms with E-state index in [0.29, 0.717) is 12.4 Å². The van der Waals surface area contributed by atoms with E-state index in [-0.39, 0.29) is 6.10 Å². The van der Waals surface area contributed by atoms with Crippen LogP contribution in [0, 0.1) is 0 Å². The molecule has 0 spiro atoms. The van der Waals surface area contributed by atoms with Crippen molar-refractivity contribution in [2.24, 2.45) is 10.2 Å². The first kappa shape index (κ1) is 15.5. The summed E-state index contributed by atoms with van der Waals surface area (Å²) >= 11 is 5.99. The van der Waals surface area contributed by atoms with Crippen LogP contribution in [-0.2, 0) is 4.74 Å². The Balaban J connectivity index is 1.64. The number of nitrogens with zero attached hydrogens (tertiary/aromatic N) is 3. The van der Waals surface area contributed by atoms with Crippen molar-refractivity contribution in [1.82, 2.24) is 4.90 Å². The van der Waals surface area contributed by atoms with Gasteiger partial charge < -0.3 is 9.64 Å². The summed E-state index contributed by atoms with van der Waals surface area (Å²) in [6, 6.07) is 7.91. The predicted octanol–water partition coefficient (Wildman–Crippen LogP) is 4.58. The van der Waals surface area contributed by atoms with E-state index in [9.17, 15) is 0 Å². The molecule has 0 aliphatic carbocycles. The summed E-state index contributed by atoms with van der Waals surface area (Å²) in [6.45, 7) is 4.08. The molecule has 118 valence electrons.